The SMILES string of the molecule is CCNC(=NCCCN1CCC(C)CC1)NCCN(C)CC(F)(F)F.I. The van der Waals surface area contributed by atoms with Crippen LogP contribution in [0.5, 0.6) is 0 Å². The number of likely N-dealkylation sites (tertiary alicyclic amines) is 1. The molecule has 0 aromatic rings. The number of nitrogens with zero attached hydrogens (tertiary/aromatic N) is 3. The average molecular weight is 493 g/mol. The first kappa shape index (κ1) is 25.7. The first-order chi connectivity index (χ1) is 11.8. The molecule has 1 saturated heterocycles. The number of piperidine rings is 1. The Morgan fingerprint density at radius 1 is 1.23 bits per heavy atom. The summed E-state index contributed by atoms with van der Waals surface area (Å²) in [5.74, 6) is 1.52. The molecule has 0 saturated carbocycles. The molecule has 0 unspecified atom stereocenters. The third kappa shape index (κ3) is 13.0. The summed E-state index contributed by atoms with van der Waals surface area (Å²) in [6.45, 7) is 9.00. The number of hydrogen-bond donors (Lipinski definition) is 2. The maximum Gasteiger partial charge on any atom is 0.401 e. The second-order valence-corrected chi connectivity index (χ2v) is 6.92. The lowest BCUT2D eigenvalue weighted by molar-refractivity contribution is -0.142. The van der Waals surface area contributed by atoms with E-state index < -0.39 is 12.7 Å². The van der Waals surface area contributed by atoms with Gasteiger partial charge in [0.1, 0.15) is 0 Å². The Bertz CT molecular complexity index is 385. The summed E-state index contributed by atoms with van der Waals surface area (Å²) in [5.41, 5.74) is 0. The van der Waals surface area contributed by atoms with Crippen LogP contribution < -0.4 is 10.6 Å². The van der Waals surface area contributed by atoms with E-state index in [4.69, 9.17) is 0 Å². The average Bonchev–Trinajstić information content (AvgIpc) is 2.51. The van der Waals surface area contributed by atoms with E-state index in [0.717, 1.165) is 32.0 Å². The van der Waals surface area contributed by atoms with E-state index in [-0.39, 0.29) is 24.0 Å². The summed E-state index contributed by atoms with van der Waals surface area (Å²) in [7, 11) is 1.47. The quantitative estimate of drug-likeness (QED) is 0.225. The molecule has 0 aromatic heterocycles. The van der Waals surface area contributed by atoms with Crippen LogP contribution in [0.4, 0.5) is 13.2 Å². The van der Waals surface area contributed by atoms with Crippen molar-refractivity contribution in [2.24, 2.45) is 10.9 Å². The number of alkyl halides is 3. The van der Waals surface area contributed by atoms with Crippen LogP contribution in [0.25, 0.3) is 0 Å². The van der Waals surface area contributed by atoms with Crippen molar-refractivity contribution in [3.05, 3.63) is 0 Å². The summed E-state index contributed by atoms with van der Waals surface area (Å²) < 4.78 is 36.9. The van der Waals surface area contributed by atoms with Gasteiger partial charge in [0.15, 0.2) is 5.96 Å². The summed E-state index contributed by atoms with van der Waals surface area (Å²) in [4.78, 5) is 8.26. The molecule has 9 heteroatoms. The molecular weight excluding hydrogens is 458 g/mol. The number of halogens is 4. The third-order valence-corrected chi connectivity index (χ3v) is 4.36. The van der Waals surface area contributed by atoms with E-state index in [1.54, 1.807) is 0 Å². The van der Waals surface area contributed by atoms with Crippen molar-refractivity contribution in [3.63, 3.8) is 0 Å². The molecular formula is C17H35F3IN5. The first-order valence-electron chi connectivity index (χ1n) is 9.30. The second-order valence-electron chi connectivity index (χ2n) is 6.92. The van der Waals surface area contributed by atoms with Gasteiger partial charge in [-0.15, -0.1) is 24.0 Å². The Hall–Kier alpha value is -0.290. The summed E-state index contributed by atoms with van der Waals surface area (Å²) in [6, 6.07) is 0. The van der Waals surface area contributed by atoms with Crippen molar-refractivity contribution >= 4 is 29.9 Å². The van der Waals surface area contributed by atoms with E-state index in [9.17, 15) is 13.2 Å². The zero-order valence-electron chi connectivity index (χ0n) is 16.2. The molecule has 26 heavy (non-hydrogen) atoms. The van der Waals surface area contributed by atoms with Gasteiger partial charge in [0.05, 0.1) is 6.54 Å². The number of aliphatic imine (C=N–C) groups is 1. The first-order valence-corrected chi connectivity index (χ1v) is 9.30. The second kappa shape index (κ2) is 13.8. The van der Waals surface area contributed by atoms with E-state index in [2.05, 4.69) is 27.4 Å². The van der Waals surface area contributed by atoms with Crippen LogP contribution in [-0.4, -0.2) is 81.3 Å². The normalized spacial score (nSPS) is 17.3. The molecule has 2 N–H and O–H groups in total. The summed E-state index contributed by atoms with van der Waals surface area (Å²) in [6.07, 6.45) is -0.601. The van der Waals surface area contributed by atoms with Gasteiger partial charge in [0.2, 0.25) is 0 Å². The number of likely N-dealkylation sites (N-methyl/N-ethyl adjacent to an activating group) is 1. The van der Waals surface area contributed by atoms with Gasteiger partial charge < -0.3 is 15.5 Å². The van der Waals surface area contributed by atoms with Gasteiger partial charge in [0.25, 0.3) is 0 Å². The van der Waals surface area contributed by atoms with E-state index in [1.165, 1.54) is 37.9 Å². The van der Waals surface area contributed by atoms with Crippen molar-refractivity contribution in [2.75, 3.05) is 59.4 Å². The van der Waals surface area contributed by atoms with Gasteiger partial charge in [-0.05, 0) is 58.8 Å². The lowest BCUT2D eigenvalue weighted by Crippen LogP contribution is -2.42. The Labute approximate surface area is 173 Å². The lowest BCUT2D eigenvalue weighted by Gasteiger charge is -2.29. The molecule has 1 aliphatic rings. The molecule has 0 bridgehead atoms. The number of hydrogen-bond acceptors (Lipinski definition) is 3. The Kier molecular flexibility index (Phi) is 13.7. The van der Waals surface area contributed by atoms with Crippen LogP contribution in [0.15, 0.2) is 4.99 Å². The standard InChI is InChI=1S/C17H34F3N5.HI/c1-4-21-16(23-9-13-24(3)14-17(18,19)20)22-8-5-10-25-11-6-15(2)7-12-25;/h15H,4-14H2,1-3H3,(H2,21,22,23);1H. The zero-order valence-corrected chi connectivity index (χ0v) is 18.6. The van der Waals surface area contributed by atoms with Crippen molar-refractivity contribution in [1.82, 2.24) is 20.4 Å². The highest BCUT2D eigenvalue weighted by Crippen LogP contribution is 2.16. The predicted molar refractivity (Wildman–Crippen MR) is 112 cm³/mol. The van der Waals surface area contributed by atoms with Gasteiger partial charge in [-0.2, -0.15) is 13.2 Å². The van der Waals surface area contributed by atoms with Crippen LogP contribution in [-0.2, 0) is 0 Å². The molecule has 1 aliphatic heterocycles. The smallest absolute Gasteiger partial charge is 0.357 e. The van der Waals surface area contributed by atoms with Crippen LogP contribution in [0.1, 0.15) is 33.1 Å². The lowest BCUT2D eigenvalue weighted by atomic mass is 9.99. The molecule has 0 atom stereocenters. The van der Waals surface area contributed by atoms with Crippen molar-refractivity contribution in [3.8, 4) is 0 Å². The minimum absolute atomic E-state index is 0. The molecule has 0 radical (unpaired) electrons. The topological polar surface area (TPSA) is 42.9 Å². The molecule has 0 amide bonds. The number of nitrogens with one attached hydrogen (secondary N) is 2. The Balaban J connectivity index is 0.00000625. The van der Waals surface area contributed by atoms with Crippen molar-refractivity contribution < 1.29 is 13.2 Å². The fourth-order valence-electron chi connectivity index (χ4n) is 2.86. The van der Waals surface area contributed by atoms with Crippen LogP contribution in [0, 0.1) is 5.92 Å². The largest absolute Gasteiger partial charge is 0.401 e. The predicted octanol–water partition coefficient (Wildman–Crippen LogP) is 2.78. The molecule has 156 valence electrons. The highest BCUT2D eigenvalue weighted by Gasteiger charge is 2.28. The fraction of sp³-hybridized carbons (Fsp3) is 0.941. The van der Waals surface area contributed by atoms with Crippen LogP contribution in [0.2, 0.25) is 0 Å². The number of rotatable bonds is 9. The minimum Gasteiger partial charge on any atom is -0.357 e. The van der Waals surface area contributed by atoms with Gasteiger partial charge in [-0.3, -0.25) is 9.89 Å². The molecule has 1 rings (SSSR count). The summed E-state index contributed by atoms with van der Waals surface area (Å²) >= 11 is 0. The number of guanidine groups is 1. The van der Waals surface area contributed by atoms with Gasteiger partial charge in [-0.1, -0.05) is 6.92 Å². The fourth-order valence-corrected chi connectivity index (χ4v) is 2.86. The molecule has 1 fully saturated rings. The van der Waals surface area contributed by atoms with Crippen LogP contribution >= 0.6 is 24.0 Å². The minimum atomic E-state index is -4.15. The maximum absolute atomic E-state index is 12.3. The van der Waals surface area contributed by atoms with Crippen molar-refractivity contribution in [1.29, 1.82) is 0 Å². The van der Waals surface area contributed by atoms with Crippen molar-refractivity contribution in [2.45, 2.75) is 39.3 Å². The highest BCUT2D eigenvalue weighted by atomic mass is 127. The molecule has 5 nitrogen and oxygen atoms in total. The zero-order chi connectivity index (χ0) is 18.7. The van der Waals surface area contributed by atoms with E-state index in [1.807, 2.05) is 6.92 Å². The molecule has 0 spiro atoms. The van der Waals surface area contributed by atoms with E-state index >= 15 is 0 Å². The Morgan fingerprint density at radius 2 is 1.88 bits per heavy atom. The van der Waals surface area contributed by atoms with Crippen LogP contribution in [0.3, 0.4) is 0 Å². The molecule has 1 heterocycles. The highest BCUT2D eigenvalue weighted by molar-refractivity contribution is 14.0. The van der Waals surface area contributed by atoms with Gasteiger partial charge >= 0.3 is 6.18 Å². The van der Waals surface area contributed by atoms with Gasteiger partial charge in [-0.25, -0.2) is 0 Å². The maximum atomic E-state index is 12.3. The van der Waals surface area contributed by atoms with Gasteiger partial charge in [0, 0.05) is 26.2 Å². The molecule has 0 aromatic carbocycles. The summed E-state index contributed by atoms with van der Waals surface area (Å²) in [5, 5.41) is 6.23. The third-order valence-electron chi connectivity index (χ3n) is 4.36. The Morgan fingerprint density at radius 3 is 2.46 bits per heavy atom. The molecule has 0 aliphatic carbocycles. The van der Waals surface area contributed by atoms with E-state index in [0.29, 0.717) is 19.0 Å². The monoisotopic (exact) mass is 493 g/mol.